The Hall–Kier alpha value is -1.43. The predicted molar refractivity (Wildman–Crippen MR) is 71.7 cm³/mol. The Bertz CT molecular complexity index is 423. The second-order valence-electron chi connectivity index (χ2n) is 4.40. The monoisotopic (exact) mass is 264 g/mol. The highest BCUT2D eigenvalue weighted by Crippen LogP contribution is 2.23. The lowest BCUT2D eigenvalue weighted by Crippen LogP contribution is -2.36. The summed E-state index contributed by atoms with van der Waals surface area (Å²) >= 11 is 0. The van der Waals surface area contributed by atoms with Gasteiger partial charge in [-0.15, -0.1) is 0 Å². The van der Waals surface area contributed by atoms with Gasteiger partial charge in [-0.25, -0.2) is 4.79 Å². The number of nitrogens with one attached hydrogen (secondary N) is 1. The van der Waals surface area contributed by atoms with Crippen LogP contribution in [-0.4, -0.2) is 38.9 Å². The van der Waals surface area contributed by atoms with Crippen molar-refractivity contribution in [3.63, 3.8) is 0 Å². The molecule has 1 unspecified atom stereocenters. The van der Waals surface area contributed by atoms with Crippen LogP contribution in [0.25, 0.3) is 0 Å². The molecule has 5 heteroatoms. The molecule has 1 aromatic rings. The lowest BCUT2D eigenvalue weighted by Gasteiger charge is -2.25. The number of nitrogens with two attached hydrogens (primary N) is 1. The second-order valence-corrected chi connectivity index (χ2v) is 4.40. The summed E-state index contributed by atoms with van der Waals surface area (Å²) in [6.07, 6.45) is 0.944. The first-order valence-electron chi connectivity index (χ1n) is 6.58. The summed E-state index contributed by atoms with van der Waals surface area (Å²) in [6, 6.07) is 7.60. The lowest BCUT2D eigenvalue weighted by atomic mass is 9.94. The van der Waals surface area contributed by atoms with Crippen molar-refractivity contribution in [2.45, 2.75) is 12.5 Å². The van der Waals surface area contributed by atoms with Gasteiger partial charge in [-0.1, -0.05) is 24.3 Å². The molecule has 0 spiro atoms. The van der Waals surface area contributed by atoms with E-state index in [9.17, 15) is 4.79 Å². The van der Waals surface area contributed by atoms with Gasteiger partial charge in [0, 0.05) is 13.1 Å². The number of rotatable bonds is 6. The topological polar surface area (TPSA) is 73.6 Å². The highest BCUT2D eigenvalue weighted by atomic mass is 16.6. The van der Waals surface area contributed by atoms with Crippen LogP contribution in [0.3, 0.4) is 0 Å². The first-order chi connectivity index (χ1) is 9.33. The van der Waals surface area contributed by atoms with Crippen LogP contribution in [0, 0.1) is 0 Å². The van der Waals surface area contributed by atoms with Gasteiger partial charge in [-0.3, -0.25) is 0 Å². The van der Waals surface area contributed by atoms with Crippen LogP contribution >= 0.6 is 0 Å². The zero-order chi connectivity index (χ0) is 13.5. The molecule has 0 bridgehead atoms. The quantitative estimate of drug-likeness (QED) is 0.574. The summed E-state index contributed by atoms with van der Waals surface area (Å²) in [5.41, 5.74) is 7.52. The minimum absolute atomic E-state index is 0.247. The van der Waals surface area contributed by atoms with Crippen molar-refractivity contribution in [1.82, 2.24) is 5.32 Å². The molecular formula is C14H20N2O3. The number of esters is 1. The third kappa shape index (κ3) is 3.76. The maximum atomic E-state index is 12.0. The lowest BCUT2D eigenvalue weighted by molar-refractivity contribution is -0.148. The summed E-state index contributed by atoms with van der Waals surface area (Å²) < 4.78 is 10.4. The van der Waals surface area contributed by atoms with Crippen molar-refractivity contribution < 1.29 is 14.3 Å². The van der Waals surface area contributed by atoms with Crippen LogP contribution in [0.5, 0.6) is 0 Å². The van der Waals surface area contributed by atoms with Gasteiger partial charge in [-0.2, -0.15) is 0 Å². The molecule has 1 aromatic carbocycles. The fraction of sp³-hybridized carbons (Fsp3) is 0.500. The molecule has 1 aliphatic heterocycles. The number of hydrogen-bond donors (Lipinski definition) is 2. The Morgan fingerprint density at radius 3 is 3.00 bits per heavy atom. The maximum Gasteiger partial charge on any atom is 0.327 e. The molecule has 1 atom stereocenters. The Morgan fingerprint density at radius 2 is 2.16 bits per heavy atom. The van der Waals surface area contributed by atoms with Crippen molar-refractivity contribution in [2.24, 2.45) is 5.73 Å². The van der Waals surface area contributed by atoms with E-state index in [0.717, 1.165) is 18.5 Å². The first kappa shape index (κ1) is 14.0. The average Bonchev–Trinajstić information content (AvgIpc) is 2.46. The molecule has 0 saturated heterocycles. The van der Waals surface area contributed by atoms with Gasteiger partial charge >= 0.3 is 5.97 Å². The molecule has 0 aromatic heterocycles. The number of benzene rings is 1. The van der Waals surface area contributed by atoms with E-state index in [1.54, 1.807) is 0 Å². The van der Waals surface area contributed by atoms with Crippen LogP contribution in [0.2, 0.25) is 0 Å². The van der Waals surface area contributed by atoms with Gasteiger partial charge < -0.3 is 20.5 Å². The van der Waals surface area contributed by atoms with Crippen LogP contribution in [0.4, 0.5) is 0 Å². The molecular weight excluding hydrogens is 244 g/mol. The molecule has 0 amide bonds. The largest absolute Gasteiger partial charge is 0.462 e. The van der Waals surface area contributed by atoms with E-state index in [-0.39, 0.29) is 18.6 Å². The van der Waals surface area contributed by atoms with E-state index in [0.29, 0.717) is 19.8 Å². The molecule has 1 aliphatic rings. The van der Waals surface area contributed by atoms with E-state index in [1.165, 1.54) is 5.56 Å². The molecule has 3 N–H and O–H groups in total. The van der Waals surface area contributed by atoms with Gasteiger partial charge in [0.25, 0.3) is 0 Å². The second kappa shape index (κ2) is 7.23. The van der Waals surface area contributed by atoms with E-state index in [2.05, 4.69) is 11.4 Å². The molecule has 0 radical (unpaired) electrons. The number of carbonyl (C=O) groups excluding carboxylic acids is 1. The highest BCUT2D eigenvalue weighted by Gasteiger charge is 2.26. The van der Waals surface area contributed by atoms with Gasteiger partial charge in [0.2, 0.25) is 0 Å². The third-order valence-corrected chi connectivity index (χ3v) is 3.08. The molecule has 1 heterocycles. The van der Waals surface area contributed by atoms with Crippen molar-refractivity contribution in [1.29, 1.82) is 0 Å². The Balaban J connectivity index is 1.86. The van der Waals surface area contributed by atoms with Gasteiger partial charge in [0.1, 0.15) is 12.6 Å². The molecule has 5 nitrogen and oxygen atoms in total. The SMILES string of the molecule is NCCOCCOC(=O)C1NCCc2ccccc21. The predicted octanol–water partition coefficient (Wildman–Crippen LogP) is 0.392. The number of ether oxygens (including phenoxy) is 2. The van der Waals surface area contributed by atoms with Crippen LogP contribution in [-0.2, 0) is 20.7 Å². The van der Waals surface area contributed by atoms with Gasteiger partial charge in [0.15, 0.2) is 0 Å². The van der Waals surface area contributed by atoms with E-state index in [1.807, 2.05) is 18.2 Å². The zero-order valence-corrected chi connectivity index (χ0v) is 10.9. The molecule has 0 aliphatic carbocycles. The summed E-state index contributed by atoms with van der Waals surface area (Å²) in [6.45, 7) is 2.41. The normalized spacial score (nSPS) is 17.8. The van der Waals surface area contributed by atoms with Crippen molar-refractivity contribution in [2.75, 3.05) is 32.9 Å². The van der Waals surface area contributed by atoms with Crippen LogP contribution in [0.1, 0.15) is 17.2 Å². The van der Waals surface area contributed by atoms with E-state index < -0.39 is 0 Å². The number of fused-ring (bicyclic) bond motifs is 1. The third-order valence-electron chi connectivity index (χ3n) is 3.08. The molecule has 2 rings (SSSR count). The standard InChI is InChI=1S/C14H20N2O3/c15-6-8-18-9-10-19-14(17)13-12-4-2-1-3-11(12)5-7-16-13/h1-4,13,16H,5-10,15H2. The summed E-state index contributed by atoms with van der Waals surface area (Å²) in [7, 11) is 0. The number of carbonyl (C=O) groups is 1. The minimum atomic E-state index is -0.362. The molecule has 104 valence electrons. The fourth-order valence-corrected chi connectivity index (χ4v) is 2.18. The Kier molecular flexibility index (Phi) is 5.32. The van der Waals surface area contributed by atoms with Crippen LogP contribution in [0.15, 0.2) is 24.3 Å². The average molecular weight is 264 g/mol. The smallest absolute Gasteiger partial charge is 0.327 e. The number of hydrogen-bond acceptors (Lipinski definition) is 5. The summed E-state index contributed by atoms with van der Waals surface area (Å²) in [4.78, 5) is 12.0. The fourth-order valence-electron chi connectivity index (χ4n) is 2.18. The molecule has 19 heavy (non-hydrogen) atoms. The van der Waals surface area contributed by atoms with Gasteiger partial charge in [-0.05, 0) is 17.5 Å². The zero-order valence-electron chi connectivity index (χ0n) is 10.9. The van der Waals surface area contributed by atoms with E-state index in [4.69, 9.17) is 15.2 Å². The van der Waals surface area contributed by atoms with Crippen molar-refractivity contribution >= 4 is 5.97 Å². The van der Waals surface area contributed by atoms with Gasteiger partial charge in [0.05, 0.1) is 13.2 Å². The summed E-state index contributed by atoms with van der Waals surface area (Å²) in [5, 5.41) is 3.19. The minimum Gasteiger partial charge on any atom is -0.462 e. The van der Waals surface area contributed by atoms with Crippen LogP contribution < -0.4 is 11.1 Å². The first-order valence-corrected chi connectivity index (χ1v) is 6.58. The molecule has 0 saturated carbocycles. The Morgan fingerprint density at radius 1 is 1.32 bits per heavy atom. The van der Waals surface area contributed by atoms with E-state index >= 15 is 0 Å². The highest BCUT2D eigenvalue weighted by molar-refractivity contribution is 5.78. The van der Waals surface area contributed by atoms with Crippen molar-refractivity contribution in [3.05, 3.63) is 35.4 Å². The summed E-state index contributed by atoms with van der Waals surface area (Å²) in [5.74, 6) is -0.247. The van der Waals surface area contributed by atoms with Crippen molar-refractivity contribution in [3.8, 4) is 0 Å². The molecule has 0 fully saturated rings. The Labute approximate surface area is 113 Å². The maximum absolute atomic E-state index is 12.0.